The lowest BCUT2D eigenvalue weighted by atomic mass is 10.1. The normalized spacial score (nSPS) is 12.7. The Bertz CT molecular complexity index is 1370. The number of ether oxygens (including phenoxy) is 3. The maximum absolute atomic E-state index is 12.9. The van der Waals surface area contributed by atoms with Crippen LogP contribution in [0.15, 0.2) is 85.1 Å². The third kappa shape index (κ3) is 57.4. The lowest BCUT2D eigenvalue weighted by Crippen LogP contribution is -2.30. The molecule has 0 aromatic heterocycles. The van der Waals surface area contributed by atoms with Crippen molar-refractivity contribution in [1.82, 2.24) is 0 Å². The molecule has 0 spiro atoms. The van der Waals surface area contributed by atoms with E-state index in [2.05, 4.69) is 106 Å². The van der Waals surface area contributed by atoms with Crippen molar-refractivity contribution in [3.8, 4) is 0 Å². The molecule has 0 heterocycles. The Balaban J connectivity index is 4.40. The van der Waals surface area contributed by atoms with Gasteiger partial charge in [-0.05, 0) is 116 Å². The number of unbranched alkanes of at least 4 members (excludes halogenated alkanes) is 29. The van der Waals surface area contributed by atoms with Gasteiger partial charge in [0, 0.05) is 19.3 Å². The fraction of sp³-hybridized carbons (Fsp3) is 0.738. The monoisotopic (exact) mass is 989 g/mol. The predicted octanol–water partition coefficient (Wildman–Crippen LogP) is 20.3. The lowest BCUT2D eigenvalue weighted by molar-refractivity contribution is -0.167. The zero-order valence-corrected chi connectivity index (χ0v) is 46.7. The lowest BCUT2D eigenvalue weighted by Gasteiger charge is -2.18. The molecule has 6 heteroatoms. The molecular formula is C65H112O6. The summed E-state index contributed by atoms with van der Waals surface area (Å²) in [4.78, 5) is 38.2. The average Bonchev–Trinajstić information content (AvgIpc) is 3.37. The first kappa shape index (κ1) is 67.6. The average molecular weight is 990 g/mol. The third-order valence-corrected chi connectivity index (χ3v) is 12.9. The van der Waals surface area contributed by atoms with Crippen LogP contribution in [0.2, 0.25) is 0 Å². The number of carbonyl (C=O) groups excluding carboxylic acids is 3. The molecule has 0 N–H and O–H groups in total. The van der Waals surface area contributed by atoms with E-state index in [-0.39, 0.29) is 31.1 Å². The SMILES string of the molecule is CC/C=C\C/C=C\C/C=C\C/C=C\CCCCCCCCCCC(=O)OCC(COC(=O)CCCCCCC/C=C\CCCCCCC)OC(=O)CCCCCCCCC/C=C\C/C=C\CCCCCC. The number of rotatable bonds is 54. The maximum Gasteiger partial charge on any atom is 0.306 e. The van der Waals surface area contributed by atoms with Crippen molar-refractivity contribution in [2.24, 2.45) is 0 Å². The Morgan fingerprint density at radius 2 is 0.549 bits per heavy atom. The summed E-state index contributed by atoms with van der Waals surface area (Å²) in [6.07, 6.45) is 77.1. The van der Waals surface area contributed by atoms with Crippen molar-refractivity contribution in [3.05, 3.63) is 85.1 Å². The van der Waals surface area contributed by atoms with Crippen molar-refractivity contribution in [2.75, 3.05) is 13.2 Å². The molecule has 0 amide bonds. The van der Waals surface area contributed by atoms with E-state index in [0.29, 0.717) is 19.3 Å². The van der Waals surface area contributed by atoms with Crippen molar-refractivity contribution in [2.45, 2.75) is 297 Å². The first-order valence-corrected chi connectivity index (χ1v) is 30.1. The van der Waals surface area contributed by atoms with Crippen LogP contribution in [0.1, 0.15) is 290 Å². The first-order chi connectivity index (χ1) is 35.0. The Kier molecular flexibility index (Phi) is 56.3. The molecule has 1 atom stereocenters. The summed E-state index contributed by atoms with van der Waals surface area (Å²) in [6, 6.07) is 0. The second kappa shape index (κ2) is 59.2. The van der Waals surface area contributed by atoms with E-state index in [4.69, 9.17) is 14.2 Å². The zero-order valence-electron chi connectivity index (χ0n) is 46.7. The minimum atomic E-state index is -0.789. The molecule has 0 aromatic rings. The molecule has 0 aliphatic carbocycles. The van der Waals surface area contributed by atoms with Gasteiger partial charge < -0.3 is 14.2 Å². The Hall–Kier alpha value is -3.41. The predicted molar refractivity (Wildman–Crippen MR) is 307 cm³/mol. The topological polar surface area (TPSA) is 78.9 Å². The van der Waals surface area contributed by atoms with Crippen LogP contribution in [0.3, 0.4) is 0 Å². The number of carbonyl (C=O) groups is 3. The van der Waals surface area contributed by atoms with Gasteiger partial charge in [-0.25, -0.2) is 0 Å². The van der Waals surface area contributed by atoms with Crippen molar-refractivity contribution < 1.29 is 28.6 Å². The first-order valence-electron chi connectivity index (χ1n) is 30.1. The van der Waals surface area contributed by atoms with Crippen LogP contribution < -0.4 is 0 Å². The third-order valence-electron chi connectivity index (χ3n) is 12.9. The Morgan fingerprint density at radius 3 is 0.887 bits per heavy atom. The Labute approximate surface area is 439 Å². The van der Waals surface area contributed by atoms with E-state index in [1.807, 2.05) is 0 Å². The Morgan fingerprint density at radius 1 is 0.296 bits per heavy atom. The molecule has 0 fully saturated rings. The quantitative estimate of drug-likeness (QED) is 0.0261. The summed E-state index contributed by atoms with van der Waals surface area (Å²) < 4.78 is 16.9. The molecule has 0 saturated heterocycles. The van der Waals surface area contributed by atoms with E-state index in [1.54, 1.807) is 0 Å². The minimum absolute atomic E-state index is 0.0861. The van der Waals surface area contributed by atoms with Gasteiger partial charge in [0.15, 0.2) is 6.10 Å². The summed E-state index contributed by atoms with van der Waals surface area (Å²) in [6.45, 7) is 6.50. The van der Waals surface area contributed by atoms with Crippen molar-refractivity contribution in [1.29, 1.82) is 0 Å². The molecular weight excluding hydrogens is 877 g/mol. The summed E-state index contributed by atoms with van der Waals surface area (Å²) >= 11 is 0. The summed E-state index contributed by atoms with van der Waals surface area (Å²) in [5, 5.41) is 0. The number of hydrogen-bond donors (Lipinski definition) is 0. The summed E-state index contributed by atoms with van der Waals surface area (Å²) in [5.41, 5.74) is 0. The van der Waals surface area contributed by atoms with Gasteiger partial charge in [-0.15, -0.1) is 0 Å². The number of allylic oxidation sites excluding steroid dienone is 14. The molecule has 0 rings (SSSR count). The highest BCUT2D eigenvalue weighted by atomic mass is 16.6. The highest BCUT2D eigenvalue weighted by Crippen LogP contribution is 2.15. The molecule has 0 radical (unpaired) electrons. The minimum Gasteiger partial charge on any atom is -0.462 e. The van der Waals surface area contributed by atoms with Gasteiger partial charge in [-0.1, -0.05) is 241 Å². The van der Waals surface area contributed by atoms with Crippen LogP contribution >= 0.6 is 0 Å². The maximum atomic E-state index is 12.9. The molecule has 0 bridgehead atoms. The fourth-order valence-corrected chi connectivity index (χ4v) is 8.34. The van der Waals surface area contributed by atoms with Gasteiger partial charge in [-0.2, -0.15) is 0 Å². The van der Waals surface area contributed by atoms with E-state index < -0.39 is 6.10 Å². The second-order valence-corrected chi connectivity index (χ2v) is 19.9. The zero-order chi connectivity index (χ0) is 51.4. The van der Waals surface area contributed by atoms with Crippen molar-refractivity contribution >= 4 is 17.9 Å². The van der Waals surface area contributed by atoms with Crippen LogP contribution in [-0.2, 0) is 28.6 Å². The van der Waals surface area contributed by atoms with E-state index in [9.17, 15) is 14.4 Å². The van der Waals surface area contributed by atoms with E-state index >= 15 is 0 Å². The number of hydrogen-bond acceptors (Lipinski definition) is 6. The smallest absolute Gasteiger partial charge is 0.306 e. The van der Waals surface area contributed by atoms with E-state index in [1.165, 1.54) is 141 Å². The van der Waals surface area contributed by atoms with Gasteiger partial charge in [0.2, 0.25) is 0 Å². The second-order valence-electron chi connectivity index (χ2n) is 19.9. The van der Waals surface area contributed by atoms with Crippen LogP contribution in [0.4, 0.5) is 0 Å². The van der Waals surface area contributed by atoms with Crippen LogP contribution in [0.25, 0.3) is 0 Å². The molecule has 408 valence electrons. The largest absolute Gasteiger partial charge is 0.462 e. The summed E-state index contributed by atoms with van der Waals surface area (Å²) in [7, 11) is 0. The van der Waals surface area contributed by atoms with Gasteiger partial charge in [0.05, 0.1) is 0 Å². The molecule has 0 saturated carbocycles. The highest BCUT2D eigenvalue weighted by Gasteiger charge is 2.19. The van der Waals surface area contributed by atoms with Crippen LogP contribution in [-0.4, -0.2) is 37.2 Å². The van der Waals surface area contributed by atoms with Gasteiger partial charge in [0.25, 0.3) is 0 Å². The molecule has 0 aliphatic heterocycles. The number of esters is 3. The molecule has 0 aliphatic rings. The van der Waals surface area contributed by atoms with Crippen LogP contribution in [0.5, 0.6) is 0 Å². The fourth-order valence-electron chi connectivity index (χ4n) is 8.34. The van der Waals surface area contributed by atoms with Gasteiger partial charge in [0.1, 0.15) is 13.2 Å². The van der Waals surface area contributed by atoms with Gasteiger partial charge in [-0.3, -0.25) is 14.4 Å². The standard InChI is InChI=1S/C65H112O6/c1-4-7-10-13-16-19-22-25-28-30-32-33-34-36-37-40-43-46-49-52-55-58-64(67)70-61-62(60-69-63(66)57-54-51-48-45-42-39-27-24-21-18-15-12-9-6-3)71-65(68)59-56-53-50-47-44-41-38-35-31-29-26-23-20-17-14-11-8-5-2/h7,10,16,19-20,23-25,27-29,31-33,62H,4-6,8-9,11-15,17-18,21-22,26,30,34-61H2,1-3H3/b10-7-,19-16-,23-20-,27-24-,28-25-,31-29-,33-32-. The van der Waals surface area contributed by atoms with Gasteiger partial charge >= 0.3 is 17.9 Å². The van der Waals surface area contributed by atoms with Crippen molar-refractivity contribution in [3.63, 3.8) is 0 Å². The van der Waals surface area contributed by atoms with E-state index in [0.717, 1.165) is 109 Å². The summed E-state index contributed by atoms with van der Waals surface area (Å²) in [5.74, 6) is -0.902. The molecule has 71 heavy (non-hydrogen) atoms. The molecule has 6 nitrogen and oxygen atoms in total. The van der Waals surface area contributed by atoms with Crippen LogP contribution in [0, 0.1) is 0 Å². The highest BCUT2D eigenvalue weighted by molar-refractivity contribution is 5.71. The molecule has 1 unspecified atom stereocenters. The molecule has 0 aromatic carbocycles.